The monoisotopic (exact) mass is 539 g/mol. The van der Waals surface area contributed by atoms with Gasteiger partial charge in [-0.25, -0.2) is 9.18 Å². The highest BCUT2D eigenvalue weighted by Crippen LogP contribution is 2.36. The van der Waals surface area contributed by atoms with E-state index in [9.17, 15) is 19.2 Å². The Kier molecular flexibility index (Phi) is 8.22. The second-order valence-electron chi connectivity index (χ2n) is 10.8. The normalized spacial score (nSPS) is 20.0. The van der Waals surface area contributed by atoms with Crippen LogP contribution in [-0.2, 0) is 32.0 Å². The number of fused-ring (bicyclic) bond motifs is 1. The van der Waals surface area contributed by atoms with E-state index >= 15 is 4.39 Å². The predicted molar refractivity (Wildman–Crippen MR) is 140 cm³/mol. The first kappa shape index (κ1) is 28.1. The number of nitrogens with one attached hydrogen (secondary N) is 1. The third-order valence-electron chi connectivity index (χ3n) is 7.28. The summed E-state index contributed by atoms with van der Waals surface area (Å²) in [6.45, 7) is 3.11. The van der Waals surface area contributed by atoms with Gasteiger partial charge < -0.3 is 25.0 Å². The number of ether oxygens (including phenoxy) is 1. The number of rotatable bonds is 9. The fourth-order valence-corrected chi connectivity index (χ4v) is 5.48. The van der Waals surface area contributed by atoms with Crippen LogP contribution in [0.5, 0.6) is 5.75 Å². The van der Waals surface area contributed by atoms with Gasteiger partial charge in [0.05, 0.1) is 0 Å². The van der Waals surface area contributed by atoms with Crippen LogP contribution in [0.2, 0.25) is 0 Å². The lowest BCUT2D eigenvalue weighted by Gasteiger charge is -2.45. The van der Waals surface area contributed by atoms with Crippen molar-refractivity contribution in [3.05, 3.63) is 65.0 Å². The Morgan fingerprint density at radius 1 is 1.13 bits per heavy atom. The molecular weight excluding hydrogens is 505 g/mol. The zero-order valence-corrected chi connectivity index (χ0v) is 22.5. The van der Waals surface area contributed by atoms with Crippen molar-refractivity contribution in [2.24, 2.45) is 11.8 Å². The zero-order chi connectivity index (χ0) is 28.4. The van der Waals surface area contributed by atoms with Gasteiger partial charge in [0.15, 0.2) is 18.2 Å². The maximum Gasteiger partial charge on any atom is 0.341 e. The lowest BCUT2D eigenvalue weighted by Crippen LogP contribution is -2.67. The van der Waals surface area contributed by atoms with Gasteiger partial charge in [0.2, 0.25) is 17.7 Å². The molecule has 208 valence electrons. The highest BCUT2D eigenvalue weighted by Gasteiger charge is 2.49. The number of hydrogen-bond donors (Lipinski definition) is 2. The molecule has 2 aliphatic rings. The Morgan fingerprint density at radius 2 is 1.77 bits per heavy atom. The number of likely N-dealkylation sites (N-methyl/N-ethyl adjacent to an activating group) is 1. The van der Waals surface area contributed by atoms with E-state index in [1.165, 1.54) is 36.0 Å². The van der Waals surface area contributed by atoms with Gasteiger partial charge >= 0.3 is 5.97 Å². The van der Waals surface area contributed by atoms with Gasteiger partial charge in [-0.05, 0) is 59.9 Å². The zero-order valence-electron chi connectivity index (χ0n) is 22.5. The number of amides is 3. The summed E-state index contributed by atoms with van der Waals surface area (Å²) < 4.78 is 20.0. The van der Waals surface area contributed by atoms with Gasteiger partial charge in [-0.3, -0.25) is 14.4 Å². The smallest absolute Gasteiger partial charge is 0.341 e. The molecule has 0 bridgehead atoms. The molecule has 4 rings (SSSR count). The van der Waals surface area contributed by atoms with Gasteiger partial charge in [0, 0.05) is 14.1 Å². The van der Waals surface area contributed by atoms with Crippen LogP contribution < -0.4 is 10.1 Å². The number of carbonyl (C=O) groups is 4. The van der Waals surface area contributed by atoms with Crippen molar-refractivity contribution in [2.45, 2.75) is 51.2 Å². The lowest BCUT2D eigenvalue weighted by molar-refractivity contribution is -0.159. The van der Waals surface area contributed by atoms with Crippen molar-refractivity contribution in [3.63, 3.8) is 0 Å². The minimum atomic E-state index is -1.27. The van der Waals surface area contributed by atoms with Crippen LogP contribution in [-0.4, -0.2) is 71.4 Å². The quantitative estimate of drug-likeness (QED) is 0.506. The first-order chi connectivity index (χ1) is 18.5. The second kappa shape index (κ2) is 11.4. The van der Waals surface area contributed by atoms with E-state index in [2.05, 4.69) is 5.32 Å². The van der Waals surface area contributed by atoms with E-state index in [0.29, 0.717) is 19.3 Å². The van der Waals surface area contributed by atoms with Gasteiger partial charge in [-0.15, -0.1) is 0 Å². The largest absolute Gasteiger partial charge is 0.479 e. The number of benzene rings is 2. The van der Waals surface area contributed by atoms with Crippen molar-refractivity contribution in [2.75, 3.05) is 20.7 Å². The molecule has 0 spiro atoms. The summed E-state index contributed by atoms with van der Waals surface area (Å²) >= 11 is 0. The molecule has 1 saturated heterocycles. The van der Waals surface area contributed by atoms with Crippen LogP contribution in [0.25, 0.3) is 0 Å². The van der Waals surface area contributed by atoms with Crippen molar-refractivity contribution >= 4 is 23.7 Å². The number of halogens is 1. The van der Waals surface area contributed by atoms with E-state index in [1.54, 1.807) is 0 Å². The van der Waals surface area contributed by atoms with Crippen LogP contribution in [0, 0.1) is 17.7 Å². The van der Waals surface area contributed by atoms with Gasteiger partial charge in [-0.1, -0.05) is 44.2 Å². The van der Waals surface area contributed by atoms with E-state index in [4.69, 9.17) is 9.84 Å². The van der Waals surface area contributed by atoms with Gasteiger partial charge in [-0.2, -0.15) is 0 Å². The number of hydrogen-bond acceptors (Lipinski definition) is 5. The highest BCUT2D eigenvalue weighted by atomic mass is 19.1. The molecule has 2 aromatic rings. The van der Waals surface area contributed by atoms with E-state index in [1.807, 2.05) is 38.1 Å². The van der Waals surface area contributed by atoms with Crippen molar-refractivity contribution < 1.29 is 33.4 Å². The molecule has 9 nitrogen and oxygen atoms in total. The molecule has 10 heteroatoms. The predicted octanol–water partition coefficient (Wildman–Crippen LogP) is 2.58. The SMILES string of the molecule is CC(C)CC1C(=O)NC(C2Cc3ccccc3C2)C(=O)N1C(C(=O)N(C)C)c1ccc(OCC(=O)O)c(F)c1. The number of carboxylic acids is 1. The Morgan fingerprint density at radius 3 is 2.31 bits per heavy atom. The topological polar surface area (TPSA) is 116 Å². The molecule has 1 heterocycles. The summed E-state index contributed by atoms with van der Waals surface area (Å²) in [5.74, 6) is -3.79. The molecule has 1 aliphatic heterocycles. The third-order valence-corrected chi connectivity index (χ3v) is 7.28. The van der Waals surface area contributed by atoms with Crippen LogP contribution in [0.3, 0.4) is 0 Å². The van der Waals surface area contributed by atoms with Crippen LogP contribution >= 0.6 is 0 Å². The molecule has 1 aliphatic carbocycles. The summed E-state index contributed by atoms with van der Waals surface area (Å²) in [5.41, 5.74) is 2.42. The highest BCUT2D eigenvalue weighted by molar-refractivity contribution is 6.00. The van der Waals surface area contributed by atoms with Crippen molar-refractivity contribution in [3.8, 4) is 5.75 Å². The minimum absolute atomic E-state index is 0.0296. The van der Waals surface area contributed by atoms with E-state index in [0.717, 1.165) is 17.2 Å². The van der Waals surface area contributed by atoms with Gasteiger partial charge in [0.25, 0.3) is 0 Å². The molecule has 39 heavy (non-hydrogen) atoms. The number of carboxylic acid groups (broad SMARTS) is 1. The maximum atomic E-state index is 15.0. The molecule has 2 aromatic carbocycles. The van der Waals surface area contributed by atoms with Crippen LogP contribution in [0.4, 0.5) is 4.39 Å². The summed E-state index contributed by atoms with van der Waals surface area (Å²) in [7, 11) is 3.07. The molecule has 0 radical (unpaired) electrons. The van der Waals surface area contributed by atoms with Crippen LogP contribution in [0.15, 0.2) is 42.5 Å². The molecule has 3 atom stereocenters. The number of carbonyl (C=O) groups excluding carboxylic acids is 3. The number of nitrogens with zero attached hydrogens (tertiary/aromatic N) is 2. The van der Waals surface area contributed by atoms with Crippen molar-refractivity contribution in [1.82, 2.24) is 15.1 Å². The fourth-order valence-electron chi connectivity index (χ4n) is 5.48. The number of aliphatic carboxylic acids is 1. The van der Waals surface area contributed by atoms with Crippen molar-refractivity contribution in [1.29, 1.82) is 0 Å². The molecular formula is C29H34FN3O6. The number of piperazine rings is 1. The molecule has 3 amide bonds. The van der Waals surface area contributed by atoms with E-state index in [-0.39, 0.29) is 35.0 Å². The second-order valence-corrected chi connectivity index (χ2v) is 10.8. The molecule has 0 aromatic heterocycles. The molecule has 0 saturated carbocycles. The minimum Gasteiger partial charge on any atom is -0.479 e. The molecule has 3 unspecified atom stereocenters. The summed E-state index contributed by atoms with van der Waals surface area (Å²) in [6, 6.07) is 8.60. The Hall–Kier alpha value is -3.95. The third kappa shape index (κ3) is 5.89. The average molecular weight is 540 g/mol. The summed E-state index contributed by atoms with van der Waals surface area (Å²) in [6.07, 6.45) is 1.55. The molecule has 2 N–H and O–H groups in total. The fraction of sp³-hybridized carbons (Fsp3) is 0.448. The van der Waals surface area contributed by atoms with Gasteiger partial charge in [0.1, 0.15) is 18.1 Å². The maximum absolute atomic E-state index is 15.0. The molecule has 1 fully saturated rings. The first-order valence-electron chi connectivity index (χ1n) is 13.0. The lowest BCUT2D eigenvalue weighted by atomic mass is 9.88. The Bertz CT molecular complexity index is 1250. The summed E-state index contributed by atoms with van der Waals surface area (Å²) in [5, 5.41) is 11.8. The van der Waals surface area contributed by atoms with Crippen LogP contribution in [0.1, 0.15) is 43.0 Å². The average Bonchev–Trinajstić information content (AvgIpc) is 3.30. The Labute approximate surface area is 226 Å². The summed E-state index contributed by atoms with van der Waals surface area (Å²) in [4.78, 5) is 54.9. The first-order valence-corrected chi connectivity index (χ1v) is 13.0. The Balaban J connectivity index is 1.75. The van der Waals surface area contributed by atoms with E-state index < -0.39 is 42.4 Å². The standard InChI is InChI=1S/C29H34FN3O6/c1-16(2)11-22-27(36)31-25(20-12-17-7-5-6-8-18(17)13-20)28(37)33(22)26(29(38)32(3)4)19-9-10-23(21(30)14-19)39-15-24(34)35/h5-10,14,16,20,22,25-26H,11-13,15H2,1-4H3,(H,31,36)(H,34,35).